The number of carbonyl (C=O) groups is 1. The first-order chi connectivity index (χ1) is 16.4. The minimum Gasteiger partial charge on any atom is -0.497 e. The fraction of sp³-hybridized carbons (Fsp3) is 0.280. The first kappa shape index (κ1) is 23.6. The lowest BCUT2D eigenvalue weighted by Gasteiger charge is -2.12. The molecule has 2 heterocycles. The van der Waals surface area contributed by atoms with Crippen LogP contribution in [0.3, 0.4) is 0 Å². The largest absolute Gasteiger partial charge is 0.497 e. The highest BCUT2D eigenvalue weighted by molar-refractivity contribution is 7.99. The van der Waals surface area contributed by atoms with Gasteiger partial charge in [0.1, 0.15) is 17.4 Å². The summed E-state index contributed by atoms with van der Waals surface area (Å²) in [6.07, 6.45) is 3.81. The number of carbonyl (C=O) groups excluding carboxylic acids is 1. The summed E-state index contributed by atoms with van der Waals surface area (Å²) in [6.45, 7) is 6.85. The third kappa shape index (κ3) is 5.48. The second-order valence-electron chi connectivity index (χ2n) is 8.17. The summed E-state index contributed by atoms with van der Waals surface area (Å²) in [5.41, 5.74) is 2.78. The van der Waals surface area contributed by atoms with Crippen LogP contribution in [0.5, 0.6) is 5.75 Å². The van der Waals surface area contributed by atoms with Gasteiger partial charge in [-0.2, -0.15) is 0 Å². The first-order valence-corrected chi connectivity index (χ1v) is 12.0. The van der Waals surface area contributed by atoms with Crippen molar-refractivity contribution >= 4 is 23.4 Å². The number of imidazole rings is 1. The van der Waals surface area contributed by atoms with E-state index in [0.717, 1.165) is 34.3 Å². The number of methoxy groups -OCH3 is 1. The van der Waals surface area contributed by atoms with Crippen LogP contribution in [-0.4, -0.2) is 43.1 Å². The highest BCUT2D eigenvalue weighted by Crippen LogP contribution is 2.24. The van der Waals surface area contributed by atoms with E-state index in [4.69, 9.17) is 4.74 Å². The van der Waals surface area contributed by atoms with Crippen LogP contribution in [0.1, 0.15) is 37.0 Å². The Morgan fingerprint density at radius 3 is 2.68 bits per heavy atom. The molecule has 0 bridgehead atoms. The minimum atomic E-state index is -0.102. The Hall–Kier alpha value is -3.59. The maximum absolute atomic E-state index is 12.7. The van der Waals surface area contributed by atoms with Crippen molar-refractivity contribution in [3.63, 3.8) is 0 Å². The fourth-order valence-corrected chi connectivity index (χ4v) is 4.49. The van der Waals surface area contributed by atoms with Crippen molar-refractivity contribution in [2.75, 3.05) is 18.2 Å². The molecule has 34 heavy (non-hydrogen) atoms. The van der Waals surface area contributed by atoms with E-state index in [9.17, 15) is 4.79 Å². The Balaban J connectivity index is 1.39. The molecular formula is C25H28N6O2S. The molecular weight excluding hydrogens is 448 g/mol. The number of nitrogens with zero attached hydrogens (tertiary/aromatic N) is 5. The zero-order valence-electron chi connectivity index (χ0n) is 19.7. The van der Waals surface area contributed by atoms with Gasteiger partial charge in [-0.25, -0.2) is 4.98 Å². The Labute approximate surface area is 203 Å². The summed E-state index contributed by atoms with van der Waals surface area (Å²) in [6, 6.07) is 15.5. The number of rotatable bonds is 9. The van der Waals surface area contributed by atoms with E-state index in [1.165, 1.54) is 11.8 Å². The van der Waals surface area contributed by atoms with Crippen LogP contribution in [0, 0.1) is 6.92 Å². The topological polar surface area (TPSA) is 86.9 Å². The molecule has 2 aromatic carbocycles. The Kier molecular flexibility index (Phi) is 7.32. The maximum Gasteiger partial charge on any atom is 0.234 e. The standard InChI is InChI=1S/C25H28N6O2S/c1-17(2)24-26-12-13-30(24)15-19-6-5-7-20(14-19)27-23(32)16-34-25-29-28-18(3)31(25)21-8-10-22(33-4)11-9-21/h5-14,17H,15-16H2,1-4H3,(H,27,32). The average molecular weight is 477 g/mol. The number of anilines is 1. The molecule has 0 aliphatic carbocycles. The smallest absolute Gasteiger partial charge is 0.234 e. The molecule has 4 rings (SSSR count). The molecule has 0 aliphatic heterocycles. The van der Waals surface area contributed by atoms with E-state index < -0.39 is 0 Å². The van der Waals surface area contributed by atoms with Gasteiger partial charge in [0.25, 0.3) is 0 Å². The molecule has 9 heteroatoms. The lowest BCUT2D eigenvalue weighted by Crippen LogP contribution is -2.15. The third-order valence-electron chi connectivity index (χ3n) is 5.29. The average Bonchev–Trinajstić information content (AvgIpc) is 3.44. The molecule has 0 unspecified atom stereocenters. The number of hydrogen-bond donors (Lipinski definition) is 1. The van der Waals surface area contributed by atoms with Crippen LogP contribution in [0.4, 0.5) is 5.69 Å². The monoisotopic (exact) mass is 476 g/mol. The molecule has 0 fully saturated rings. The highest BCUT2D eigenvalue weighted by atomic mass is 32.2. The molecule has 1 amide bonds. The predicted octanol–water partition coefficient (Wildman–Crippen LogP) is 4.68. The Morgan fingerprint density at radius 1 is 1.15 bits per heavy atom. The van der Waals surface area contributed by atoms with Crippen molar-refractivity contribution in [1.82, 2.24) is 24.3 Å². The highest BCUT2D eigenvalue weighted by Gasteiger charge is 2.14. The lowest BCUT2D eigenvalue weighted by atomic mass is 10.1. The van der Waals surface area contributed by atoms with Crippen molar-refractivity contribution in [1.29, 1.82) is 0 Å². The van der Waals surface area contributed by atoms with Gasteiger partial charge in [-0.1, -0.05) is 37.7 Å². The van der Waals surface area contributed by atoms with Crippen molar-refractivity contribution in [2.24, 2.45) is 0 Å². The Bertz CT molecular complexity index is 1260. The van der Waals surface area contributed by atoms with E-state index in [2.05, 4.69) is 45.0 Å². The zero-order chi connectivity index (χ0) is 24.1. The van der Waals surface area contributed by atoms with Crippen LogP contribution >= 0.6 is 11.8 Å². The summed E-state index contributed by atoms with van der Waals surface area (Å²) in [5.74, 6) is 3.03. The number of aryl methyl sites for hydroxylation is 1. The van der Waals surface area contributed by atoms with E-state index >= 15 is 0 Å². The van der Waals surface area contributed by atoms with E-state index in [-0.39, 0.29) is 11.7 Å². The van der Waals surface area contributed by atoms with Gasteiger partial charge in [0.2, 0.25) is 5.91 Å². The number of benzene rings is 2. The third-order valence-corrected chi connectivity index (χ3v) is 6.21. The molecule has 0 radical (unpaired) electrons. The summed E-state index contributed by atoms with van der Waals surface area (Å²) >= 11 is 1.35. The van der Waals surface area contributed by atoms with Gasteiger partial charge in [0.15, 0.2) is 5.16 Å². The molecule has 2 aromatic heterocycles. The number of thioether (sulfide) groups is 1. The molecule has 1 N–H and O–H groups in total. The van der Waals surface area contributed by atoms with Crippen LogP contribution < -0.4 is 10.1 Å². The van der Waals surface area contributed by atoms with E-state index in [1.54, 1.807) is 7.11 Å². The van der Waals surface area contributed by atoms with Gasteiger partial charge >= 0.3 is 0 Å². The molecule has 0 saturated heterocycles. The molecule has 0 aliphatic rings. The predicted molar refractivity (Wildman–Crippen MR) is 134 cm³/mol. The van der Waals surface area contributed by atoms with Gasteiger partial charge in [-0.05, 0) is 48.9 Å². The molecule has 8 nitrogen and oxygen atoms in total. The van der Waals surface area contributed by atoms with Gasteiger partial charge in [0.05, 0.1) is 12.9 Å². The van der Waals surface area contributed by atoms with Gasteiger partial charge in [-0.3, -0.25) is 9.36 Å². The SMILES string of the molecule is COc1ccc(-n2c(C)nnc2SCC(=O)Nc2cccc(Cn3ccnc3C(C)C)c2)cc1. The number of ether oxygens (including phenoxy) is 1. The normalized spacial score (nSPS) is 11.1. The van der Waals surface area contributed by atoms with Gasteiger partial charge in [0, 0.05) is 36.2 Å². The number of aromatic nitrogens is 5. The summed E-state index contributed by atoms with van der Waals surface area (Å²) in [4.78, 5) is 17.1. The number of nitrogens with one attached hydrogen (secondary N) is 1. The quantitative estimate of drug-likeness (QED) is 0.353. The summed E-state index contributed by atoms with van der Waals surface area (Å²) < 4.78 is 9.29. The molecule has 0 spiro atoms. The van der Waals surface area contributed by atoms with E-state index in [0.29, 0.717) is 17.6 Å². The van der Waals surface area contributed by atoms with Crippen LogP contribution in [-0.2, 0) is 11.3 Å². The molecule has 0 saturated carbocycles. The first-order valence-electron chi connectivity index (χ1n) is 11.0. The van der Waals surface area contributed by atoms with Crippen LogP contribution in [0.25, 0.3) is 5.69 Å². The lowest BCUT2D eigenvalue weighted by molar-refractivity contribution is -0.113. The van der Waals surface area contributed by atoms with E-state index in [1.807, 2.05) is 66.3 Å². The maximum atomic E-state index is 12.7. The Morgan fingerprint density at radius 2 is 1.94 bits per heavy atom. The van der Waals surface area contributed by atoms with Crippen LogP contribution in [0.2, 0.25) is 0 Å². The zero-order valence-corrected chi connectivity index (χ0v) is 20.5. The van der Waals surface area contributed by atoms with Crippen molar-refractivity contribution in [3.8, 4) is 11.4 Å². The van der Waals surface area contributed by atoms with Crippen LogP contribution in [0.15, 0.2) is 66.1 Å². The molecule has 0 atom stereocenters. The fourth-order valence-electron chi connectivity index (χ4n) is 3.69. The van der Waals surface area contributed by atoms with Crippen molar-refractivity contribution < 1.29 is 9.53 Å². The second-order valence-corrected chi connectivity index (χ2v) is 9.11. The summed E-state index contributed by atoms with van der Waals surface area (Å²) in [7, 11) is 1.63. The van der Waals surface area contributed by atoms with Crippen molar-refractivity contribution in [2.45, 2.75) is 38.4 Å². The molecule has 176 valence electrons. The minimum absolute atomic E-state index is 0.102. The summed E-state index contributed by atoms with van der Waals surface area (Å²) in [5, 5.41) is 12.1. The van der Waals surface area contributed by atoms with Crippen molar-refractivity contribution in [3.05, 3.63) is 78.1 Å². The van der Waals surface area contributed by atoms with Gasteiger partial charge < -0.3 is 14.6 Å². The second kappa shape index (κ2) is 10.6. The molecule has 4 aromatic rings. The number of hydrogen-bond acceptors (Lipinski definition) is 6. The van der Waals surface area contributed by atoms with Gasteiger partial charge in [-0.15, -0.1) is 10.2 Å². The number of amides is 1.